The molecule has 0 saturated heterocycles. The molecule has 32 heavy (non-hydrogen) atoms. The second-order valence-corrected chi connectivity index (χ2v) is 8.79. The maximum absolute atomic E-state index is 13.2. The van der Waals surface area contributed by atoms with Crippen molar-refractivity contribution >= 4 is 5.91 Å². The molecule has 1 aliphatic heterocycles. The number of rotatable bonds is 6. The van der Waals surface area contributed by atoms with Crippen molar-refractivity contribution in [3.8, 4) is 11.1 Å². The summed E-state index contributed by atoms with van der Waals surface area (Å²) in [5.74, 6) is 0.737. The van der Waals surface area contributed by atoms with Crippen LogP contribution in [0.25, 0.3) is 11.1 Å². The first kappa shape index (κ1) is 22.0. The van der Waals surface area contributed by atoms with Gasteiger partial charge in [-0.15, -0.1) is 0 Å². The highest BCUT2D eigenvalue weighted by molar-refractivity contribution is 6.01. The fraction of sp³-hybridized carbons (Fsp3) is 0.400. The Hall–Kier alpha value is -3.19. The minimum absolute atomic E-state index is 0.00407. The molecular formula is C25H31N5O2. The molecule has 0 radical (unpaired) electrons. The number of carbonyl (C=O) groups excluding carboxylic acids is 1. The smallest absolute Gasteiger partial charge is 0.345 e. The molecule has 1 amide bonds. The van der Waals surface area contributed by atoms with Crippen LogP contribution in [-0.2, 0) is 19.5 Å². The molecule has 0 fully saturated rings. The molecule has 2 heterocycles. The zero-order chi connectivity index (χ0) is 22.7. The lowest BCUT2D eigenvalue weighted by molar-refractivity contribution is 0.0933. The van der Waals surface area contributed by atoms with Crippen LogP contribution in [-0.4, -0.2) is 51.8 Å². The van der Waals surface area contributed by atoms with Crippen molar-refractivity contribution in [3.05, 3.63) is 76.0 Å². The van der Waals surface area contributed by atoms with E-state index in [4.69, 9.17) is 0 Å². The van der Waals surface area contributed by atoms with Crippen molar-refractivity contribution < 1.29 is 4.79 Å². The van der Waals surface area contributed by atoms with E-state index in [1.165, 1.54) is 0 Å². The fourth-order valence-corrected chi connectivity index (χ4v) is 4.22. The van der Waals surface area contributed by atoms with Gasteiger partial charge in [0.05, 0.1) is 6.54 Å². The molecule has 168 valence electrons. The SMILES string of the molecule is Cc1cccc(-c2ccccc2C(=O)NC2CCc3nn(CCN(C)C)c(=O)n3CC2)c1. The number of aromatic nitrogens is 3. The molecule has 1 N–H and O–H groups in total. The first-order valence-electron chi connectivity index (χ1n) is 11.2. The summed E-state index contributed by atoms with van der Waals surface area (Å²) < 4.78 is 3.33. The third kappa shape index (κ3) is 4.83. The van der Waals surface area contributed by atoms with E-state index < -0.39 is 0 Å². The molecule has 1 aromatic heterocycles. The molecule has 7 nitrogen and oxygen atoms in total. The van der Waals surface area contributed by atoms with Crippen LogP contribution < -0.4 is 11.0 Å². The molecule has 1 atom stereocenters. The van der Waals surface area contributed by atoms with E-state index in [9.17, 15) is 9.59 Å². The maximum atomic E-state index is 13.2. The van der Waals surface area contributed by atoms with Crippen molar-refractivity contribution in [2.45, 2.75) is 45.3 Å². The van der Waals surface area contributed by atoms with E-state index in [0.717, 1.165) is 35.5 Å². The van der Waals surface area contributed by atoms with E-state index in [1.807, 2.05) is 55.4 Å². The normalized spacial score (nSPS) is 15.9. The number of likely N-dealkylation sites (N-methyl/N-ethyl adjacent to an activating group) is 1. The van der Waals surface area contributed by atoms with Crippen LogP contribution in [0, 0.1) is 6.92 Å². The van der Waals surface area contributed by atoms with Crippen LogP contribution in [0.3, 0.4) is 0 Å². The summed E-state index contributed by atoms with van der Waals surface area (Å²) in [6.45, 7) is 3.98. The highest BCUT2D eigenvalue weighted by atomic mass is 16.2. The third-order valence-corrected chi connectivity index (χ3v) is 6.01. The number of amides is 1. The van der Waals surface area contributed by atoms with Gasteiger partial charge in [-0.3, -0.25) is 9.36 Å². The maximum Gasteiger partial charge on any atom is 0.345 e. The Kier molecular flexibility index (Phi) is 6.55. The van der Waals surface area contributed by atoms with Crippen LogP contribution in [0.4, 0.5) is 0 Å². The third-order valence-electron chi connectivity index (χ3n) is 6.01. The van der Waals surface area contributed by atoms with Gasteiger partial charge >= 0.3 is 5.69 Å². The fourth-order valence-electron chi connectivity index (χ4n) is 4.22. The van der Waals surface area contributed by atoms with E-state index in [1.54, 1.807) is 9.25 Å². The summed E-state index contributed by atoms with van der Waals surface area (Å²) in [5.41, 5.74) is 3.74. The number of benzene rings is 2. The van der Waals surface area contributed by atoms with E-state index >= 15 is 0 Å². The molecule has 0 spiro atoms. The van der Waals surface area contributed by atoms with E-state index in [-0.39, 0.29) is 17.6 Å². The number of nitrogens with one attached hydrogen (secondary N) is 1. The van der Waals surface area contributed by atoms with Crippen LogP contribution in [0.5, 0.6) is 0 Å². The van der Waals surface area contributed by atoms with Gasteiger partial charge in [0, 0.05) is 31.1 Å². The predicted octanol–water partition coefficient (Wildman–Crippen LogP) is 2.72. The monoisotopic (exact) mass is 433 g/mol. The average Bonchev–Trinajstić information content (AvgIpc) is 2.94. The molecule has 4 rings (SSSR count). The first-order valence-corrected chi connectivity index (χ1v) is 11.2. The Balaban J connectivity index is 1.46. The Bertz CT molecular complexity index is 1160. The van der Waals surface area contributed by atoms with Gasteiger partial charge in [-0.25, -0.2) is 9.48 Å². The van der Waals surface area contributed by atoms with Gasteiger partial charge in [-0.2, -0.15) is 5.10 Å². The number of aryl methyl sites for hydroxylation is 2. The molecule has 0 bridgehead atoms. The van der Waals surface area contributed by atoms with Gasteiger partial charge in [-0.05, 0) is 51.1 Å². The first-order chi connectivity index (χ1) is 15.4. The van der Waals surface area contributed by atoms with Gasteiger partial charge in [-0.1, -0.05) is 48.0 Å². The molecule has 3 aromatic rings. The van der Waals surface area contributed by atoms with Crippen molar-refractivity contribution in [2.75, 3.05) is 20.6 Å². The molecule has 1 unspecified atom stereocenters. The summed E-state index contributed by atoms with van der Waals surface area (Å²) in [6, 6.07) is 15.9. The van der Waals surface area contributed by atoms with Crippen molar-refractivity contribution in [1.82, 2.24) is 24.6 Å². The Morgan fingerprint density at radius 3 is 2.75 bits per heavy atom. The molecule has 2 aromatic carbocycles. The topological polar surface area (TPSA) is 72.2 Å². The lowest BCUT2D eigenvalue weighted by Crippen LogP contribution is -2.36. The summed E-state index contributed by atoms with van der Waals surface area (Å²) in [4.78, 5) is 27.9. The van der Waals surface area contributed by atoms with Crippen molar-refractivity contribution in [2.24, 2.45) is 0 Å². The number of hydrogen-bond acceptors (Lipinski definition) is 4. The molecular weight excluding hydrogens is 402 g/mol. The summed E-state index contributed by atoms with van der Waals surface area (Å²) >= 11 is 0. The number of hydrogen-bond donors (Lipinski definition) is 1. The molecule has 0 saturated carbocycles. The number of nitrogens with zero attached hydrogens (tertiary/aromatic N) is 4. The zero-order valence-electron chi connectivity index (χ0n) is 19.0. The van der Waals surface area contributed by atoms with Gasteiger partial charge < -0.3 is 10.2 Å². The zero-order valence-corrected chi connectivity index (χ0v) is 19.0. The standard InChI is InChI=1S/C25H31N5O2/c1-18-7-6-8-19(17-18)21-9-4-5-10-22(21)24(31)26-20-11-12-23-27-30(16-15-28(2)3)25(32)29(23)14-13-20/h4-10,17,20H,11-16H2,1-3H3,(H,26,31). The predicted molar refractivity (Wildman–Crippen MR) is 126 cm³/mol. The Labute approximate surface area is 188 Å². The van der Waals surface area contributed by atoms with Crippen molar-refractivity contribution in [3.63, 3.8) is 0 Å². The minimum Gasteiger partial charge on any atom is -0.349 e. The highest BCUT2D eigenvalue weighted by Gasteiger charge is 2.23. The van der Waals surface area contributed by atoms with Crippen LogP contribution >= 0.6 is 0 Å². The Morgan fingerprint density at radius 1 is 1.16 bits per heavy atom. The van der Waals surface area contributed by atoms with E-state index in [0.29, 0.717) is 31.5 Å². The van der Waals surface area contributed by atoms with Gasteiger partial charge in [0.25, 0.3) is 5.91 Å². The van der Waals surface area contributed by atoms with E-state index in [2.05, 4.69) is 29.5 Å². The van der Waals surface area contributed by atoms with Gasteiger partial charge in [0.1, 0.15) is 5.82 Å². The number of fused-ring (bicyclic) bond motifs is 1. The van der Waals surface area contributed by atoms with Crippen LogP contribution in [0.2, 0.25) is 0 Å². The van der Waals surface area contributed by atoms with Gasteiger partial charge in [0.2, 0.25) is 0 Å². The Morgan fingerprint density at radius 2 is 1.97 bits per heavy atom. The second kappa shape index (κ2) is 9.53. The van der Waals surface area contributed by atoms with Gasteiger partial charge in [0.15, 0.2) is 0 Å². The molecule has 0 aliphatic carbocycles. The summed E-state index contributed by atoms with van der Waals surface area (Å²) in [6.07, 6.45) is 2.15. The average molecular weight is 434 g/mol. The summed E-state index contributed by atoms with van der Waals surface area (Å²) in [5, 5.41) is 7.75. The minimum atomic E-state index is -0.0740. The molecule has 1 aliphatic rings. The highest BCUT2D eigenvalue weighted by Crippen LogP contribution is 2.25. The van der Waals surface area contributed by atoms with Crippen LogP contribution in [0.1, 0.15) is 34.6 Å². The summed E-state index contributed by atoms with van der Waals surface area (Å²) in [7, 11) is 3.97. The van der Waals surface area contributed by atoms with Crippen molar-refractivity contribution in [1.29, 1.82) is 0 Å². The largest absolute Gasteiger partial charge is 0.349 e. The lowest BCUT2D eigenvalue weighted by atomic mass is 9.97. The molecule has 7 heteroatoms. The quantitative estimate of drug-likeness (QED) is 0.649. The van der Waals surface area contributed by atoms with Crippen LogP contribution in [0.15, 0.2) is 53.3 Å². The second-order valence-electron chi connectivity index (χ2n) is 8.79. The lowest BCUT2D eigenvalue weighted by Gasteiger charge is -2.18. The number of carbonyl (C=O) groups is 1.